The van der Waals surface area contributed by atoms with Gasteiger partial charge in [0.25, 0.3) is 10.0 Å². The zero-order valence-corrected chi connectivity index (χ0v) is 16.0. The van der Waals surface area contributed by atoms with E-state index in [9.17, 15) is 8.42 Å². The third-order valence-electron chi connectivity index (χ3n) is 5.11. The molecular formula is C20H24N4O2S. The van der Waals surface area contributed by atoms with Crippen LogP contribution in [0.5, 0.6) is 0 Å². The fourth-order valence-corrected chi connectivity index (χ4v) is 5.22. The lowest BCUT2D eigenvalue weighted by atomic mass is 9.98. The van der Waals surface area contributed by atoms with Crippen molar-refractivity contribution < 1.29 is 8.42 Å². The van der Waals surface area contributed by atoms with Crippen LogP contribution in [-0.4, -0.2) is 39.9 Å². The Morgan fingerprint density at radius 2 is 1.93 bits per heavy atom. The number of nitrogens with zero attached hydrogens (tertiary/aromatic N) is 4. The predicted molar refractivity (Wildman–Crippen MR) is 104 cm³/mol. The first-order valence-electron chi connectivity index (χ1n) is 9.28. The van der Waals surface area contributed by atoms with Crippen molar-refractivity contribution >= 4 is 10.0 Å². The van der Waals surface area contributed by atoms with Gasteiger partial charge in [-0.05, 0) is 49.6 Å². The maximum Gasteiger partial charge on any atom is 0.267 e. The average molecular weight is 385 g/mol. The first-order valence-corrected chi connectivity index (χ1v) is 10.7. The molecule has 0 aliphatic carbocycles. The fourth-order valence-electron chi connectivity index (χ4n) is 3.83. The summed E-state index contributed by atoms with van der Waals surface area (Å²) in [6, 6.07) is 12.3. The van der Waals surface area contributed by atoms with E-state index >= 15 is 0 Å². The van der Waals surface area contributed by atoms with Gasteiger partial charge in [0.15, 0.2) is 0 Å². The molecule has 2 aromatic heterocycles. The summed E-state index contributed by atoms with van der Waals surface area (Å²) in [5.41, 5.74) is 0.808. The van der Waals surface area contributed by atoms with Crippen LogP contribution in [0.1, 0.15) is 18.5 Å². The third-order valence-corrected chi connectivity index (χ3v) is 6.85. The summed E-state index contributed by atoms with van der Waals surface area (Å²) in [5.74, 6) is 0.557. The van der Waals surface area contributed by atoms with E-state index in [0.717, 1.165) is 31.7 Å². The van der Waals surface area contributed by atoms with Crippen LogP contribution in [0.4, 0.5) is 0 Å². The van der Waals surface area contributed by atoms with Crippen molar-refractivity contribution in [3.63, 3.8) is 0 Å². The number of imidazole rings is 1. The Hall–Kier alpha value is -2.38. The van der Waals surface area contributed by atoms with Crippen LogP contribution in [0, 0.1) is 5.92 Å². The number of aromatic nitrogens is 3. The molecule has 1 fully saturated rings. The second-order valence-corrected chi connectivity index (χ2v) is 8.93. The Kier molecular flexibility index (Phi) is 5.13. The number of hydrogen-bond acceptors (Lipinski definition) is 4. The second-order valence-electron chi connectivity index (χ2n) is 7.12. The molecule has 0 saturated carbocycles. The van der Waals surface area contributed by atoms with Gasteiger partial charge in [-0.15, -0.1) is 0 Å². The lowest BCUT2D eigenvalue weighted by molar-refractivity contribution is 0.154. The van der Waals surface area contributed by atoms with E-state index in [2.05, 4.69) is 14.5 Å². The third kappa shape index (κ3) is 3.99. The van der Waals surface area contributed by atoms with Gasteiger partial charge in [-0.2, -0.15) is 0 Å². The molecule has 1 unspecified atom stereocenters. The number of rotatable bonds is 6. The first-order chi connectivity index (χ1) is 13.1. The Bertz CT molecular complexity index is 965. The Balaban J connectivity index is 1.48. The topological polar surface area (TPSA) is 60.1 Å². The Labute approximate surface area is 160 Å². The molecule has 1 aliphatic heterocycles. The van der Waals surface area contributed by atoms with E-state index in [0.29, 0.717) is 17.4 Å². The molecule has 0 amide bonds. The van der Waals surface area contributed by atoms with Gasteiger partial charge in [0, 0.05) is 43.9 Å². The molecule has 0 spiro atoms. The number of piperidine rings is 1. The summed E-state index contributed by atoms with van der Waals surface area (Å²) in [7, 11) is -3.55. The molecule has 1 atom stereocenters. The van der Waals surface area contributed by atoms with Crippen molar-refractivity contribution in [3.8, 4) is 0 Å². The molecule has 0 bridgehead atoms. The van der Waals surface area contributed by atoms with Gasteiger partial charge in [0.1, 0.15) is 0 Å². The smallest absolute Gasteiger partial charge is 0.267 e. The van der Waals surface area contributed by atoms with Crippen molar-refractivity contribution in [3.05, 3.63) is 73.1 Å². The van der Waals surface area contributed by atoms with Crippen LogP contribution < -0.4 is 0 Å². The summed E-state index contributed by atoms with van der Waals surface area (Å²) in [6.45, 7) is 3.56. The zero-order valence-electron chi connectivity index (χ0n) is 15.2. The monoisotopic (exact) mass is 384 g/mol. The van der Waals surface area contributed by atoms with Gasteiger partial charge in [-0.25, -0.2) is 17.4 Å². The molecule has 1 saturated heterocycles. The van der Waals surface area contributed by atoms with E-state index in [4.69, 9.17) is 0 Å². The van der Waals surface area contributed by atoms with Crippen LogP contribution >= 0.6 is 0 Å². The first kappa shape index (κ1) is 18.0. The van der Waals surface area contributed by atoms with Gasteiger partial charge < -0.3 is 4.57 Å². The second kappa shape index (κ2) is 7.70. The van der Waals surface area contributed by atoms with E-state index in [1.54, 1.807) is 30.5 Å². The Morgan fingerprint density at radius 1 is 1.07 bits per heavy atom. The normalized spacial score (nSPS) is 18.6. The highest BCUT2D eigenvalue weighted by atomic mass is 32.2. The molecule has 1 aliphatic rings. The lowest BCUT2D eigenvalue weighted by Gasteiger charge is -2.33. The molecule has 3 aromatic rings. The number of benzene rings is 1. The highest BCUT2D eigenvalue weighted by molar-refractivity contribution is 7.90. The highest BCUT2D eigenvalue weighted by Crippen LogP contribution is 2.22. The number of hydrogen-bond donors (Lipinski definition) is 0. The van der Waals surface area contributed by atoms with Crippen molar-refractivity contribution in [1.29, 1.82) is 0 Å². The maximum absolute atomic E-state index is 13.0. The molecule has 7 heteroatoms. The largest absolute Gasteiger partial charge is 0.337 e. The van der Waals surface area contributed by atoms with Crippen LogP contribution in [0.15, 0.2) is 72.3 Å². The van der Waals surface area contributed by atoms with Gasteiger partial charge in [-0.3, -0.25) is 4.90 Å². The molecule has 0 radical (unpaired) electrons. The summed E-state index contributed by atoms with van der Waals surface area (Å²) in [6.07, 6.45) is 9.63. The fraction of sp³-hybridized carbons (Fsp3) is 0.350. The molecular weight excluding hydrogens is 360 g/mol. The summed E-state index contributed by atoms with van der Waals surface area (Å²) in [5, 5.41) is 0. The van der Waals surface area contributed by atoms with Crippen LogP contribution in [0.25, 0.3) is 0 Å². The van der Waals surface area contributed by atoms with Gasteiger partial charge in [0.2, 0.25) is 0 Å². The molecule has 27 heavy (non-hydrogen) atoms. The summed E-state index contributed by atoms with van der Waals surface area (Å²) < 4.78 is 29.5. The minimum atomic E-state index is -3.55. The van der Waals surface area contributed by atoms with Crippen LogP contribution in [0.3, 0.4) is 0 Å². The van der Waals surface area contributed by atoms with Gasteiger partial charge in [-0.1, -0.05) is 18.2 Å². The van der Waals surface area contributed by atoms with Crippen molar-refractivity contribution in [2.45, 2.75) is 30.8 Å². The quantitative estimate of drug-likeness (QED) is 0.656. The van der Waals surface area contributed by atoms with E-state index < -0.39 is 10.0 Å². The molecule has 142 valence electrons. The molecule has 4 rings (SSSR count). The SMILES string of the molecule is O=S(=O)(c1ccccc1)n1cccc1CN1CCCC(Cn2ccnc2)C1. The van der Waals surface area contributed by atoms with Crippen molar-refractivity contribution in [1.82, 2.24) is 18.4 Å². The molecule has 3 heterocycles. The van der Waals surface area contributed by atoms with Crippen molar-refractivity contribution in [2.75, 3.05) is 13.1 Å². The lowest BCUT2D eigenvalue weighted by Crippen LogP contribution is -2.37. The minimum Gasteiger partial charge on any atom is -0.337 e. The predicted octanol–water partition coefficient (Wildman–Crippen LogP) is 2.83. The number of likely N-dealkylation sites (tertiary alicyclic amines) is 1. The summed E-state index contributed by atoms with van der Waals surface area (Å²) >= 11 is 0. The van der Waals surface area contributed by atoms with Crippen LogP contribution in [-0.2, 0) is 23.1 Å². The Morgan fingerprint density at radius 3 is 2.70 bits per heavy atom. The van der Waals surface area contributed by atoms with E-state index in [1.807, 2.05) is 36.9 Å². The van der Waals surface area contributed by atoms with Gasteiger partial charge >= 0.3 is 0 Å². The van der Waals surface area contributed by atoms with E-state index in [1.165, 1.54) is 10.4 Å². The zero-order chi connectivity index (χ0) is 18.7. The maximum atomic E-state index is 13.0. The standard InChI is InChI=1S/C20H24N4O2S/c25-27(26,20-8-2-1-3-9-20)24-12-5-7-19(24)16-22-11-4-6-18(14-22)15-23-13-10-21-17-23/h1-3,5,7-10,12-13,17-18H,4,6,11,14-16H2. The van der Waals surface area contributed by atoms with Crippen LogP contribution in [0.2, 0.25) is 0 Å². The van der Waals surface area contributed by atoms with Crippen molar-refractivity contribution in [2.24, 2.45) is 5.92 Å². The van der Waals surface area contributed by atoms with Gasteiger partial charge in [0.05, 0.1) is 11.2 Å². The minimum absolute atomic E-state index is 0.319. The molecule has 6 nitrogen and oxygen atoms in total. The molecule has 1 aromatic carbocycles. The summed E-state index contributed by atoms with van der Waals surface area (Å²) in [4.78, 5) is 6.79. The molecule has 0 N–H and O–H groups in total. The van der Waals surface area contributed by atoms with E-state index in [-0.39, 0.29) is 0 Å². The average Bonchev–Trinajstić information content (AvgIpc) is 3.35. The highest BCUT2D eigenvalue weighted by Gasteiger charge is 2.24.